The summed E-state index contributed by atoms with van der Waals surface area (Å²) in [4.78, 5) is 8.01. The molecule has 2 heterocycles. The van der Waals surface area contributed by atoms with Crippen molar-refractivity contribution in [1.82, 2.24) is 19.7 Å². The third-order valence-electron chi connectivity index (χ3n) is 2.54. The number of hydrogen-bond acceptors (Lipinski definition) is 5. The Morgan fingerprint density at radius 1 is 1.41 bits per heavy atom. The minimum atomic E-state index is -0.882. The van der Waals surface area contributed by atoms with E-state index in [1.807, 2.05) is 6.92 Å². The first-order chi connectivity index (χ1) is 8.15. The summed E-state index contributed by atoms with van der Waals surface area (Å²) >= 11 is 0. The van der Waals surface area contributed by atoms with Crippen LogP contribution in [0, 0.1) is 6.92 Å². The molecule has 6 heteroatoms. The third-order valence-corrected chi connectivity index (χ3v) is 2.54. The maximum atomic E-state index is 10.3. The lowest BCUT2D eigenvalue weighted by atomic mass is 10.1. The second-order valence-electron chi connectivity index (χ2n) is 3.66. The number of rotatable bonds is 3. The van der Waals surface area contributed by atoms with E-state index in [0.29, 0.717) is 22.8 Å². The van der Waals surface area contributed by atoms with Crippen LogP contribution in [0.5, 0.6) is 5.88 Å². The molecule has 17 heavy (non-hydrogen) atoms. The first-order valence-corrected chi connectivity index (χ1v) is 5.16. The Labute approximate surface area is 98.9 Å². The number of aryl methyl sites for hydroxylation is 2. The van der Waals surface area contributed by atoms with E-state index in [9.17, 15) is 5.11 Å². The molecule has 0 aromatic carbocycles. The van der Waals surface area contributed by atoms with E-state index < -0.39 is 6.10 Å². The molecule has 6 nitrogen and oxygen atoms in total. The Morgan fingerprint density at radius 2 is 2.18 bits per heavy atom. The van der Waals surface area contributed by atoms with E-state index in [-0.39, 0.29) is 0 Å². The smallest absolute Gasteiger partial charge is 0.217 e. The van der Waals surface area contributed by atoms with Gasteiger partial charge in [-0.2, -0.15) is 5.10 Å². The van der Waals surface area contributed by atoms with Crippen LogP contribution in [-0.2, 0) is 7.05 Å². The fraction of sp³-hybridized carbons (Fsp3) is 0.364. The molecule has 90 valence electrons. The van der Waals surface area contributed by atoms with E-state index >= 15 is 0 Å². The van der Waals surface area contributed by atoms with Gasteiger partial charge in [0.15, 0.2) is 0 Å². The summed E-state index contributed by atoms with van der Waals surface area (Å²) in [5.41, 5.74) is 1.81. The van der Waals surface area contributed by atoms with E-state index in [1.54, 1.807) is 25.0 Å². The highest BCUT2D eigenvalue weighted by Crippen LogP contribution is 2.30. The van der Waals surface area contributed by atoms with Crippen molar-refractivity contribution in [2.24, 2.45) is 7.05 Å². The highest BCUT2D eigenvalue weighted by molar-refractivity contribution is 5.37. The fourth-order valence-corrected chi connectivity index (χ4v) is 1.81. The van der Waals surface area contributed by atoms with E-state index in [0.717, 1.165) is 0 Å². The Bertz CT molecular complexity index is 510. The van der Waals surface area contributed by atoms with Crippen molar-refractivity contribution in [1.29, 1.82) is 0 Å². The SMILES string of the molecule is COc1c(C(O)c2cnccn2)c(C)nn1C. The number of aliphatic hydroxyl groups excluding tert-OH is 1. The number of aromatic nitrogens is 4. The van der Waals surface area contributed by atoms with Crippen LogP contribution in [0.25, 0.3) is 0 Å². The molecule has 2 rings (SSSR count). The van der Waals surface area contributed by atoms with Gasteiger partial charge in [-0.15, -0.1) is 0 Å². The molecule has 0 aliphatic carbocycles. The van der Waals surface area contributed by atoms with E-state index in [4.69, 9.17) is 4.74 Å². The van der Waals surface area contributed by atoms with E-state index in [1.165, 1.54) is 12.4 Å². The molecule has 0 radical (unpaired) electrons. The van der Waals surface area contributed by atoms with Gasteiger partial charge in [-0.25, -0.2) is 4.68 Å². The first kappa shape index (κ1) is 11.5. The molecule has 0 amide bonds. The van der Waals surface area contributed by atoms with Gasteiger partial charge in [-0.3, -0.25) is 9.97 Å². The predicted molar refractivity (Wildman–Crippen MR) is 60.6 cm³/mol. The van der Waals surface area contributed by atoms with Gasteiger partial charge >= 0.3 is 0 Å². The van der Waals surface area contributed by atoms with Crippen molar-refractivity contribution < 1.29 is 9.84 Å². The van der Waals surface area contributed by atoms with Crippen molar-refractivity contribution in [3.05, 3.63) is 35.5 Å². The number of ether oxygens (including phenoxy) is 1. The highest BCUT2D eigenvalue weighted by atomic mass is 16.5. The van der Waals surface area contributed by atoms with Gasteiger partial charge in [0.25, 0.3) is 0 Å². The van der Waals surface area contributed by atoms with Crippen molar-refractivity contribution in [2.75, 3.05) is 7.11 Å². The van der Waals surface area contributed by atoms with Crippen LogP contribution in [0.15, 0.2) is 18.6 Å². The van der Waals surface area contributed by atoms with Gasteiger partial charge in [0.05, 0.1) is 30.3 Å². The summed E-state index contributed by atoms with van der Waals surface area (Å²) in [5.74, 6) is 0.528. The second-order valence-corrected chi connectivity index (χ2v) is 3.66. The van der Waals surface area contributed by atoms with Crippen LogP contribution in [0.3, 0.4) is 0 Å². The molecule has 0 saturated heterocycles. The molecule has 0 spiro atoms. The van der Waals surface area contributed by atoms with Crippen molar-refractivity contribution in [2.45, 2.75) is 13.0 Å². The lowest BCUT2D eigenvalue weighted by Crippen LogP contribution is -2.05. The number of aliphatic hydroxyl groups is 1. The normalized spacial score (nSPS) is 12.5. The summed E-state index contributed by atoms with van der Waals surface area (Å²) in [6.07, 6.45) is 3.74. The molecular weight excluding hydrogens is 220 g/mol. The maximum absolute atomic E-state index is 10.3. The topological polar surface area (TPSA) is 73.1 Å². The van der Waals surface area contributed by atoms with Crippen LogP contribution in [0.2, 0.25) is 0 Å². The average molecular weight is 234 g/mol. The molecule has 0 saturated carbocycles. The summed E-state index contributed by atoms with van der Waals surface area (Å²) in [6.45, 7) is 1.82. The Kier molecular flexibility index (Phi) is 3.06. The van der Waals surface area contributed by atoms with Crippen LogP contribution in [0.4, 0.5) is 0 Å². The molecule has 1 unspecified atom stereocenters. The standard InChI is InChI=1S/C11H14N4O2/c1-7-9(11(17-3)15(2)14-7)10(16)8-6-12-4-5-13-8/h4-6,10,16H,1-3H3. The highest BCUT2D eigenvalue weighted by Gasteiger charge is 2.23. The Balaban J connectivity index is 2.47. The van der Waals surface area contributed by atoms with Gasteiger partial charge in [0.2, 0.25) is 5.88 Å². The predicted octanol–water partition coefficient (Wildman–Crippen LogP) is 0.609. The molecule has 0 fully saturated rings. The van der Waals surface area contributed by atoms with Gasteiger partial charge in [-0.05, 0) is 6.92 Å². The zero-order valence-corrected chi connectivity index (χ0v) is 9.95. The molecule has 2 aromatic rings. The van der Waals surface area contributed by atoms with Crippen molar-refractivity contribution in [3.63, 3.8) is 0 Å². The summed E-state index contributed by atoms with van der Waals surface area (Å²) in [5, 5.41) is 14.5. The summed E-state index contributed by atoms with van der Waals surface area (Å²) < 4.78 is 6.82. The zero-order valence-electron chi connectivity index (χ0n) is 9.95. The molecule has 0 bridgehead atoms. The van der Waals surface area contributed by atoms with Crippen LogP contribution in [0.1, 0.15) is 23.1 Å². The molecule has 1 N–H and O–H groups in total. The van der Waals surface area contributed by atoms with Crippen LogP contribution >= 0.6 is 0 Å². The molecule has 0 aliphatic rings. The van der Waals surface area contributed by atoms with E-state index in [2.05, 4.69) is 15.1 Å². The summed E-state index contributed by atoms with van der Waals surface area (Å²) in [7, 11) is 3.31. The Morgan fingerprint density at radius 3 is 2.76 bits per heavy atom. The molecule has 1 atom stereocenters. The zero-order chi connectivity index (χ0) is 12.4. The number of methoxy groups -OCH3 is 1. The van der Waals surface area contributed by atoms with Crippen molar-refractivity contribution >= 4 is 0 Å². The molecule has 0 aliphatic heterocycles. The van der Waals surface area contributed by atoms with Crippen LogP contribution < -0.4 is 4.74 Å². The summed E-state index contributed by atoms with van der Waals surface area (Å²) in [6, 6.07) is 0. The minimum absolute atomic E-state index is 0.474. The second kappa shape index (κ2) is 4.50. The van der Waals surface area contributed by atoms with Crippen molar-refractivity contribution in [3.8, 4) is 5.88 Å². The van der Waals surface area contributed by atoms with Gasteiger partial charge in [-0.1, -0.05) is 0 Å². The van der Waals surface area contributed by atoms with Gasteiger partial charge in [0, 0.05) is 19.4 Å². The Hall–Kier alpha value is -1.95. The number of hydrogen-bond donors (Lipinski definition) is 1. The lowest BCUT2D eigenvalue weighted by Gasteiger charge is -2.11. The fourth-order valence-electron chi connectivity index (χ4n) is 1.81. The third kappa shape index (κ3) is 1.99. The quantitative estimate of drug-likeness (QED) is 0.842. The monoisotopic (exact) mass is 234 g/mol. The molecular formula is C11H14N4O2. The van der Waals surface area contributed by atoms with Gasteiger partial charge < -0.3 is 9.84 Å². The molecule has 2 aromatic heterocycles. The van der Waals surface area contributed by atoms with Crippen LogP contribution in [-0.4, -0.2) is 32.0 Å². The maximum Gasteiger partial charge on any atom is 0.217 e. The largest absolute Gasteiger partial charge is 0.481 e. The van der Waals surface area contributed by atoms with Gasteiger partial charge in [0.1, 0.15) is 6.10 Å². The average Bonchev–Trinajstić information content (AvgIpc) is 2.63. The first-order valence-electron chi connectivity index (χ1n) is 5.16. The lowest BCUT2D eigenvalue weighted by molar-refractivity contribution is 0.207. The number of nitrogens with zero attached hydrogens (tertiary/aromatic N) is 4. The minimum Gasteiger partial charge on any atom is -0.481 e.